The van der Waals surface area contributed by atoms with Crippen LogP contribution >= 0.6 is 12.6 Å². The standard InChI is InChI=1S/C11H22N2OS/c1-9(2)12-10-4-3-6-13(8-10)7-5-11(14)15/h9-10,12H,3-8H2,1-2H3,(H,14,15). The number of likely N-dealkylation sites (tertiary alicyclic amines) is 1. The minimum absolute atomic E-state index is 0.00561. The largest absolute Gasteiger partial charge is 0.311 e. The van der Waals surface area contributed by atoms with Gasteiger partial charge in [0.25, 0.3) is 0 Å². The van der Waals surface area contributed by atoms with E-state index in [0.717, 1.165) is 19.6 Å². The predicted octanol–water partition coefficient (Wildman–Crippen LogP) is 1.30. The lowest BCUT2D eigenvalue weighted by atomic mass is 10.0. The van der Waals surface area contributed by atoms with Crippen LogP contribution in [0.5, 0.6) is 0 Å². The first-order valence-corrected chi connectivity index (χ1v) is 6.23. The van der Waals surface area contributed by atoms with E-state index in [1.165, 1.54) is 12.8 Å². The number of thiol groups is 1. The van der Waals surface area contributed by atoms with Crippen molar-refractivity contribution in [2.75, 3.05) is 19.6 Å². The van der Waals surface area contributed by atoms with Gasteiger partial charge in [-0.3, -0.25) is 4.79 Å². The summed E-state index contributed by atoms with van der Waals surface area (Å²) in [5, 5.41) is 3.55. The monoisotopic (exact) mass is 230 g/mol. The number of carbonyl (C=O) groups excluding carboxylic acids is 1. The molecular weight excluding hydrogens is 208 g/mol. The zero-order valence-electron chi connectivity index (χ0n) is 9.70. The molecule has 0 amide bonds. The molecule has 1 aliphatic heterocycles. The minimum atomic E-state index is -0.00561. The molecule has 0 aromatic rings. The number of nitrogens with zero attached hydrogens (tertiary/aromatic N) is 1. The van der Waals surface area contributed by atoms with E-state index >= 15 is 0 Å². The third kappa shape index (κ3) is 5.54. The van der Waals surface area contributed by atoms with Crippen molar-refractivity contribution in [2.45, 2.75) is 45.2 Å². The zero-order valence-corrected chi connectivity index (χ0v) is 10.6. The zero-order chi connectivity index (χ0) is 11.3. The number of carbonyl (C=O) groups is 1. The molecule has 0 aromatic carbocycles. The van der Waals surface area contributed by atoms with Gasteiger partial charge in [-0.1, -0.05) is 13.8 Å². The summed E-state index contributed by atoms with van der Waals surface area (Å²) in [5.41, 5.74) is 0. The molecule has 0 bridgehead atoms. The fraction of sp³-hybridized carbons (Fsp3) is 0.909. The first-order valence-electron chi connectivity index (χ1n) is 5.78. The summed E-state index contributed by atoms with van der Waals surface area (Å²) in [6.45, 7) is 7.40. The summed E-state index contributed by atoms with van der Waals surface area (Å²) in [6, 6.07) is 1.13. The predicted molar refractivity (Wildman–Crippen MR) is 66.3 cm³/mol. The lowest BCUT2D eigenvalue weighted by Gasteiger charge is -2.34. The van der Waals surface area contributed by atoms with Crippen molar-refractivity contribution in [1.29, 1.82) is 0 Å². The average molecular weight is 230 g/mol. The fourth-order valence-electron chi connectivity index (χ4n) is 2.12. The molecule has 1 heterocycles. The lowest BCUT2D eigenvalue weighted by Crippen LogP contribution is -2.48. The van der Waals surface area contributed by atoms with Crippen molar-refractivity contribution in [1.82, 2.24) is 10.2 Å². The van der Waals surface area contributed by atoms with Gasteiger partial charge in [0, 0.05) is 31.6 Å². The van der Waals surface area contributed by atoms with Gasteiger partial charge in [-0.15, -0.1) is 12.6 Å². The van der Waals surface area contributed by atoms with Crippen LogP contribution < -0.4 is 5.32 Å². The van der Waals surface area contributed by atoms with Crippen molar-refractivity contribution in [3.05, 3.63) is 0 Å². The number of nitrogens with one attached hydrogen (secondary N) is 1. The molecule has 3 nitrogen and oxygen atoms in total. The van der Waals surface area contributed by atoms with Gasteiger partial charge in [-0.2, -0.15) is 0 Å². The second-order valence-corrected chi connectivity index (χ2v) is 5.10. The Bertz CT molecular complexity index is 209. The third-order valence-electron chi connectivity index (χ3n) is 2.72. The molecule has 1 unspecified atom stereocenters. The number of hydrogen-bond donors (Lipinski definition) is 2. The van der Waals surface area contributed by atoms with E-state index in [9.17, 15) is 4.79 Å². The molecule has 15 heavy (non-hydrogen) atoms. The van der Waals surface area contributed by atoms with E-state index in [2.05, 4.69) is 36.7 Å². The minimum Gasteiger partial charge on any atom is -0.311 e. The first-order chi connectivity index (χ1) is 7.08. The molecule has 1 rings (SSSR count). The van der Waals surface area contributed by atoms with Crippen LogP contribution in [0, 0.1) is 0 Å². The molecule has 1 atom stereocenters. The maximum absolute atomic E-state index is 10.8. The van der Waals surface area contributed by atoms with Gasteiger partial charge in [-0.05, 0) is 19.4 Å². The van der Waals surface area contributed by atoms with Crippen LogP contribution in [0.15, 0.2) is 0 Å². The maximum atomic E-state index is 10.8. The molecule has 0 spiro atoms. The Morgan fingerprint density at radius 3 is 2.93 bits per heavy atom. The molecular formula is C11H22N2OS. The van der Waals surface area contributed by atoms with E-state index in [1.54, 1.807) is 0 Å². The van der Waals surface area contributed by atoms with Crippen LogP contribution in [0.2, 0.25) is 0 Å². The van der Waals surface area contributed by atoms with Crippen molar-refractivity contribution in [3.63, 3.8) is 0 Å². The smallest absolute Gasteiger partial charge is 0.187 e. The Labute approximate surface area is 98.0 Å². The van der Waals surface area contributed by atoms with E-state index < -0.39 is 0 Å². The highest BCUT2D eigenvalue weighted by molar-refractivity contribution is 7.96. The van der Waals surface area contributed by atoms with Crippen molar-refractivity contribution >= 4 is 17.7 Å². The van der Waals surface area contributed by atoms with Gasteiger partial charge >= 0.3 is 0 Å². The van der Waals surface area contributed by atoms with Gasteiger partial charge in [-0.25, -0.2) is 0 Å². The molecule has 0 aromatic heterocycles. The maximum Gasteiger partial charge on any atom is 0.187 e. The van der Waals surface area contributed by atoms with Crippen LogP contribution in [0.3, 0.4) is 0 Å². The molecule has 1 fully saturated rings. The summed E-state index contributed by atoms with van der Waals surface area (Å²) in [4.78, 5) is 13.1. The van der Waals surface area contributed by atoms with E-state index in [0.29, 0.717) is 18.5 Å². The molecule has 1 saturated heterocycles. The van der Waals surface area contributed by atoms with Crippen LogP contribution in [0.4, 0.5) is 0 Å². The summed E-state index contributed by atoms with van der Waals surface area (Å²) < 4.78 is 0. The normalized spacial score (nSPS) is 23.3. The van der Waals surface area contributed by atoms with Gasteiger partial charge < -0.3 is 10.2 Å². The average Bonchev–Trinajstić information content (AvgIpc) is 2.14. The SMILES string of the molecule is CC(C)NC1CCCN(CCC(=O)S)C1. The Balaban J connectivity index is 2.25. The third-order valence-corrected chi connectivity index (χ3v) is 2.94. The lowest BCUT2D eigenvalue weighted by molar-refractivity contribution is -0.111. The summed E-state index contributed by atoms with van der Waals surface area (Å²) >= 11 is 3.79. The van der Waals surface area contributed by atoms with E-state index in [1.807, 2.05) is 0 Å². The second kappa shape index (κ2) is 6.51. The van der Waals surface area contributed by atoms with Crippen LogP contribution in [-0.2, 0) is 4.79 Å². The molecule has 88 valence electrons. The summed E-state index contributed by atoms with van der Waals surface area (Å²) in [6.07, 6.45) is 3.05. The van der Waals surface area contributed by atoms with Gasteiger partial charge in [0.05, 0.1) is 0 Å². The Morgan fingerprint density at radius 1 is 1.60 bits per heavy atom. The van der Waals surface area contributed by atoms with Gasteiger partial charge in [0.15, 0.2) is 5.12 Å². The quantitative estimate of drug-likeness (QED) is 0.698. The van der Waals surface area contributed by atoms with Crippen LogP contribution in [-0.4, -0.2) is 41.7 Å². The molecule has 0 radical (unpaired) electrons. The molecule has 1 N–H and O–H groups in total. The van der Waals surface area contributed by atoms with Gasteiger partial charge in [0.2, 0.25) is 0 Å². The Hall–Kier alpha value is -0.0600. The van der Waals surface area contributed by atoms with Crippen LogP contribution in [0.25, 0.3) is 0 Å². The second-order valence-electron chi connectivity index (χ2n) is 4.60. The highest BCUT2D eigenvalue weighted by Gasteiger charge is 2.19. The Kier molecular flexibility index (Phi) is 5.64. The topological polar surface area (TPSA) is 32.3 Å². The van der Waals surface area contributed by atoms with Crippen molar-refractivity contribution in [2.24, 2.45) is 0 Å². The molecule has 0 aliphatic carbocycles. The number of piperidine rings is 1. The molecule has 1 aliphatic rings. The highest BCUT2D eigenvalue weighted by atomic mass is 32.1. The molecule has 4 heteroatoms. The molecule has 0 saturated carbocycles. The summed E-state index contributed by atoms with van der Waals surface area (Å²) in [7, 11) is 0. The van der Waals surface area contributed by atoms with Crippen molar-refractivity contribution in [3.8, 4) is 0 Å². The summed E-state index contributed by atoms with van der Waals surface area (Å²) in [5.74, 6) is 0. The number of rotatable bonds is 5. The van der Waals surface area contributed by atoms with E-state index in [-0.39, 0.29) is 5.12 Å². The first kappa shape index (κ1) is 13.0. The van der Waals surface area contributed by atoms with Crippen LogP contribution in [0.1, 0.15) is 33.1 Å². The van der Waals surface area contributed by atoms with Gasteiger partial charge in [0.1, 0.15) is 0 Å². The fourth-order valence-corrected chi connectivity index (χ4v) is 2.22. The Morgan fingerprint density at radius 2 is 2.33 bits per heavy atom. The number of hydrogen-bond acceptors (Lipinski definition) is 3. The highest BCUT2D eigenvalue weighted by Crippen LogP contribution is 2.11. The van der Waals surface area contributed by atoms with E-state index in [4.69, 9.17) is 0 Å². The van der Waals surface area contributed by atoms with Crippen molar-refractivity contribution < 1.29 is 4.79 Å².